The Bertz CT molecular complexity index is 655. The fourth-order valence-electron chi connectivity index (χ4n) is 4.70. The molecule has 2 aliphatic heterocycles. The van der Waals surface area contributed by atoms with Crippen molar-refractivity contribution in [3.05, 3.63) is 48.6 Å². The van der Waals surface area contributed by atoms with Crippen LogP contribution in [0.2, 0.25) is 0 Å². The normalized spacial score (nSPS) is 23.4. The molecular weight excluding hydrogens is 358 g/mol. The summed E-state index contributed by atoms with van der Waals surface area (Å²) in [7, 11) is 0. The van der Waals surface area contributed by atoms with E-state index >= 15 is 0 Å². The highest BCUT2D eigenvalue weighted by molar-refractivity contribution is 5.49. The standard InChI is InChI=1S/C25H37N3O/c1-3-8-23(9-4-1)22-27-17-19-28(20-18-27)24-10-12-25(13-11-24)29-21-7-16-26-14-5-2-6-15-26/h1,3-4,8,10-13,23H,2,5-7,9,14-22H2. The fraction of sp³-hybridized carbons (Fsp3) is 0.600. The first-order valence-corrected chi connectivity index (χ1v) is 11.6. The molecule has 1 aromatic carbocycles. The Hall–Kier alpha value is -1.78. The summed E-state index contributed by atoms with van der Waals surface area (Å²) in [5.41, 5.74) is 1.32. The minimum absolute atomic E-state index is 0.692. The van der Waals surface area contributed by atoms with Crippen LogP contribution in [0.25, 0.3) is 0 Å². The third-order valence-electron chi connectivity index (χ3n) is 6.47. The van der Waals surface area contributed by atoms with Crippen molar-refractivity contribution in [2.45, 2.75) is 32.1 Å². The average molecular weight is 396 g/mol. The molecule has 1 aliphatic carbocycles. The average Bonchev–Trinajstić information content (AvgIpc) is 2.79. The summed E-state index contributed by atoms with van der Waals surface area (Å²) in [6.45, 7) is 10.3. The molecule has 1 aromatic rings. The van der Waals surface area contributed by atoms with Crippen molar-refractivity contribution in [1.29, 1.82) is 0 Å². The third kappa shape index (κ3) is 6.35. The Morgan fingerprint density at radius 1 is 0.828 bits per heavy atom. The highest BCUT2D eigenvalue weighted by atomic mass is 16.5. The van der Waals surface area contributed by atoms with Crippen molar-refractivity contribution in [3.63, 3.8) is 0 Å². The van der Waals surface area contributed by atoms with Crippen LogP contribution in [-0.4, -0.2) is 68.8 Å². The Morgan fingerprint density at radius 3 is 2.34 bits per heavy atom. The summed E-state index contributed by atoms with van der Waals surface area (Å²) in [4.78, 5) is 7.70. The van der Waals surface area contributed by atoms with Crippen molar-refractivity contribution >= 4 is 5.69 Å². The molecule has 4 nitrogen and oxygen atoms in total. The quantitative estimate of drug-likeness (QED) is 0.614. The molecule has 0 bridgehead atoms. The largest absolute Gasteiger partial charge is 0.494 e. The van der Waals surface area contributed by atoms with E-state index in [-0.39, 0.29) is 0 Å². The molecule has 3 aliphatic rings. The molecule has 0 spiro atoms. The van der Waals surface area contributed by atoms with Gasteiger partial charge in [-0.15, -0.1) is 0 Å². The minimum atomic E-state index is 0.692. The van der Waals surface area contributed by atoms with Crippen LogP contribution < -0.4 is 9.64 Å². The molecule has 158 valence electrons. The number of rotatable bonds is 8. The van der Waals surface area contributed by atoms with Gasteiger partial charge in [-0.2, -0.15) is 0 Å². The van der Waals surface area contributed by atoms with Crippen molar-refractivity contribution in [2.24, 2.45) is 5.92 Å². The van der Waals surface area contributed by atoms with Crippen LogP contribution in [0.5, 0.6) is 5.75 Å². The molecule has 1 unspecified atom stereocenters. The molecule has 0 N–H and O–H groups in total. The second-order valence-electron chi connectivity index (χ2n) is 8.69. The molecule has 1 atom stereocenters. The first-order valence-electron chi connectivity index (χ1n) is 11.6. The van der Waals surface area contributed by atoms with Gasteiger partial charge >= 0.3 is 0 Å². The second kappa shape index (κ2) is 10.8. The van der Waals surface area contributed by atoms with Gasteiger partial charge in [0.25, 0.3) is 0 Å². The van der Waals surface area contributed by atoms with Crippen LogP contribution in [0.3, 0.4) is 0 Å². The summed E-state index contributed by atoms with van der Waals surface area (Å²) in [5.74, 6) is 1.70. The molecule has 0 aromatic heterocycles. The van der Waals surface area contributed by atoms with Gasteiger partial charge in [-0.25, -0.2) is 0 Å². The maximum Gasteiger partial charge on any atom is 0.119 e. The number of piperidine rings is 1. The summed E-state index contributed by atoms with van der Waals surface area (Å²) >= 11 is 0. The van der Waals surface area contributed by atoms with Gasteiger partial charge in [-0.05, 0) is 69.0 Å². The molecule has 2 heterocycles. The van der Waals surface area contributed by atoms with Crippen LogP contribution in [-0.2, 0) is 0 Å². The number of allylic oxidation sites excluding steroid dienone is 3. The number of anilines is 1. The maximum absolute atomic E-state index is 5.98. The van der Waals surface area contributed by atoms with Crippen molar-refractivity contribution in [3.8, 4) is 5.75 Å². The molecule has 2 fully saturated rings. The van der Waals surface area contributed by atoms with E-state index in [2.05, 4.69) is 63.3 Å². The maximum atomic E-state index is 5.98. The highest BCUT2D eigenvalue weighted by Crippen LogP contribution is 2.22. The SMILES string of the molecule is C1=CCC(CN2CCN(c3ccc(OCCCN4CCCCC4)cc3)CC2)C=C1. The van der Waals surface area contributed by atoms with Crippen LogP contribution in [0.1, 0.15) is 32.1 Å². The third-order valence-corrected chi connectivity index (χ3v) is 6.47. The van der Waals surface area contributed by atoms with Crippen LogP contribution in [0.15, 0.2) is 48.6 Å². The van der Waals surface area contributed by atoms with Gasteiger partial charge in [-0.1, -0.05) is 30.7 Å². The zero-order chi connectivity index (χ0) is 19.7. The summed E-state index contributed by atoms with van der Waals surface area (Å²) in [5, 5.41) is 0. The van der Waals surface area contributed by atoms with Gasteiger partial charge in [0.05, 0.1) is 6.61 Å². The van der Waals surface area contributed by atoms with Crippen molar-refractivity contribution in [2.75, 3.05) is 63.9 Å². The van der Waals surface area contributed by atoms with E-state index in [4.69, 9.17) is 4.74 Å². The number of benzene rings is 1. The van der Waals surface area contributed by atoms with Crippen LogP contribution in [0, 0.1) is 5.92 Å². The summed E-state index contributed by atoms with van der Waals surface area (Å²) in [6, 6.07) is 8.73. The van der Waals surface area contributed by atoms with E-state index in [1.165, 1.54) is 57.5 Å². The van der Waals surface area contributed by atoms with Crippen LogP contribution in [0.4, 0.5) is 5.69 Å². The Kier molecular flexibility index (Phi) is 7.66. The molecule has 4 rings (SSSR count). The Balaban J connectivity index is 1.15. The van der Waals surface area contributed by atoms with E-state index in [1.807, 2.05) is 0 Å². The zero-order valence-corrected chi connectivity index (χ0v) is 17.8. The van der Waals surface area contributed by atoms with E-state index in [0.717, 1.165) is 45.0 Å². The zero-order valence-electron chi connectivity index (χ0n) is 17.8. The lowest BCUT2D eigenvalue weighted by Gasteiger charge is -2.37. The molecule has 2 saturated heterocycles. The minimum Gasteiger partial charge on any atom is -0.494 e. The smallest absolute Gasteiger partial charge is 0.119 e. The lowest BCUT2D eigenvalue weighted by Crippen LogP contribution is -2.47. The van der Waals surface area contributed by atoms with E-state index in [0.29, 0.717) is 5.92 Å². The Morgan fingerprint density at radius 2 is 1.62 bits per heavy atom. The topological polar surface area (TPSA) is 19.0 Å². The number of piperazine rings is 1. The number of hydrogen-bond acceptors (Lipinski definition) is 4. The summed E-state index contributed by atoms with van der Waals surface area (Å²) < 4.78 is 5.98. The number of nitrogens with zero attached hydrogens (tertiary/aromatic N) is 3. The number of likely N-dealkylation sites (tertiary alicyclic amines) is 1. The predicted molar refractivity (Wildman–Crippen MR) is 122 cm³/mol. The highest BCUT2D eigenvalue weighted by Gasteiger charge is 2.19. The number of ether oxygens (including phenoxy) is 1. The molecule has 0 saturated carbocycles. The molecule has 0 amide bonds. The molecule has 29 heavy (non-hydrogen) atoms. The molecular formula is C25H37N3O. The van der Waals surface area contributed by atoms with E-state index in [9.17, 15) is 0 Å². The lowest BCUT2D eigenvalue weighted by atomic mass is 10.00. The van der Waals surface area contributed by atoms with E-state index in [1.54, 1.807) is 0 Å². The van der Waals surface area contributed by atoms with Gasteiger partial charge in [0, 0.05) is 45.0 Å². The van der Waals surface area contributed by atoms with Gasteiger partial charge < -0.3 is 14.5 Å². The van der Waals surface area contributed by atoms with Crippen molar-refractivity contribution in [1.82, 2.24) is 9.80 Å². The predicted octanol–water partition coefficient (Wildman–Crippen LogP) is 4.20. The monoisotopic (exact) mass is 395 g/mol. The van der Waals surface area contributed by atoms with Crippen molar-refractivity contribution < 1.29 is 4.74 Å². The van der Waals surface area contributed by atoms with E-state index < -0.39 is 0 Å². The van der Waals surface area contributed by atoms with Crippen LogP contribution >= 0.6 is 0 Å². The van der Waals surface area contributed by atoms with Gasteiger partial charge in [0.2, 0.25) is 0 Å². The fourth-order valence-corrected chi connectivity index (χ4v) is 4.70. The lowest BCUT2D eigenvalue weighted by molar-refractivity contribution is 0.205. The number of hydrogen-bond donors (Lipinski definition) is 0. The molecule has 0 radical (unpaired) electrons. The second-order valence-corrected chi connectivity index (χ2v) is 8.69. The molecule has 4 heteroatoms. The Labute approximate surface area is 176 Å². The first kappa shape index (κ1) is 20.5. The summed E-state index contributed by atoms with van der Waals surface area (Å²) in [6.07, 6.45) is 15.5. The van der Waals surface area contributed by atoms with Gasteiger partial charge in [-0.3, -0.25) is 4.90 Å². The van der Waals surface area contributed by atoms with Gasteiger partial charge in [0.15, 0.2) is 0 Å². The first-order chi connectivity index (χ1) is 14.4. The van der Waals surface area contributed by atoms with Gasteiger partial charge in [0.1, 0.15) is 5.75 Å².